The second-order valence-electron chi connectivity index (χ2n) is 4.64. The van der Waals surface area contributed by atoms with Crippen molar-refractivity contribution < 1.29 is 0 Å². The van der Waals surface area contributed by atoms with Gasteiger partial charge in [-0.05, 0) is 36.7 Å². The molecule has 0 aromatic heterocycles. The van der Waals surface area contributed by atoms with Crippen molar-refractivity contribution in [3.8, 4) is 0 Å². The van der Waals surface area contributed by atoms with Crippen LogP contribution < -0.4 is 0 Å². The van der Waals surface area contributed by atoms with Gasteiger partial charge in [-0.15, -0.1) is 0 Å². The molecule has 1 aromatic carbocycles. The first-order chi connectivity index (χ1) is 7.31. The van der Waals surface area contributed by atoms with Gasteiger partial charge in [0.1, 0.15) is 0 Å². The molecular formula is C15H20. The SMILES string of the molecule is CCC1CCC(C)/C1=C/c1ccccc1. The molecule has 0 spiro atoms. The quantitative estimate of drug-likeness (QED) is 0.658. The number of rotatable bonds is 2. The fourth-order valence-corrected chi connectivity index (χ4v) is 2.63. The summed E-state index contributed by atoms with van der Waals surface area (Å²) in [5.74, 6) is 1.62. The lowest BCUT2D eigenvalue weighted by Crippen LogP contribution is -1.98. The van der Waals surface area contributed by atoms with Crippen molar-refractivity contribution in [1.82, 2.24) is 0 Å². The average molecular weight is 200 g/mol. The maximum absolute atomic E-state index is 2.41. The minimum atomic E-state index is 0.787. The Hall–Kier alpha value is -1.04. The van der Waals surface area contributed by atoms with Crippen LogP contribution in [-0.2, 0) is 0 Å². The standard InChI is InChI=1S/C15H20/c1-3-14-10-9-12(2)15(14)11-13-7-5-4-6-8-13/h4-8,11-12,14H,3,9-10H2,1-2H3/b15-11-. The molecule has 0 saturated heterocycles. The van der Waals surface area contributed by atoms with Gasteiger partial charge in [-0.2, -0.15) is 0 Å². The lowest BCUT2D eigenvalue weighted by Gasteiger charge is -2.12. The molecule has 0 bridgehead atoms. The van der Waals surface area contributed by atoms with E-state index < -0.39 is 0 Å². The third kappa shape index (κ3) is 2.31. The molecular weight excluding hydrogens is 180 g/mol. The lowest BCUT2D eigenvalue weighted by atomic mass is 9.94. The molecule has 0 heterocycles. The Morgan fingerprint density at radius 2 is 1.93 bits per heavy atom. The Kier molecular flexibility index (Phi) is 3.25. The molecule has 0 aliphatic heterocycles. The van der Waals surface area contributed by atoms with Crippen molar-refractivity contribution in [2.45, 2.75) is 33.1 Å². The van der Waals surface area contributed by atoms with Crippen LogP contribution in [0.1, 0.15) is 38.7 Å². The summed E-state index contributed by atoms with van der Waals surface area (Å²) in [6, 6.07) is 10.7. The Balaban J connectivity index is 2.24. The summed E-state index contributed by atoms with van der Waals surface area (Å²) in [7, 11) is 0. The monoisotopic (exact) mass is 200 g/mol. The molecule has 2 atom stereocenters. The fraction of sp³-hybridized carbons (Fsp3) is 0.467. The van der Waals surface area contributed by atoms with Crippen LogP contribution in [0.3, 0.4) is 0 Å². The van der Waals surface area contributed by atoms with Gasteiger partial charge < -0.3 is 0 Å². The Morgan fingerprint density at radius 1 is 1.20 bits per heavy atom. The minimum Gasteiger partial charge on any atom is -0.0648 e. The molecule has 15 heavy (non-hydrogen) atoms. The molecule has 1 aromatic rings. The van der Waals surface area contributed by atoms with Crippen molar-refractivity contribution in [3.05, 3.63) is 41.5 Å². The van der Waals surface area contributed by atoms with Crippen LogP contribution in [-0.4, -0.2) is 0 Å². The third-order valence-electron chi connectivity index (χ3n) is 3.61. The highest BCUT2D eigenvalue weighted by molar-refractivity contribution is 5.54. The van der Waals surface area contributed by atoms with Gasteiger partial charge in [0.2, 0.25) is 0 Å². The van der Waals surface area contributed by atoms with E-state index >= 15 is 0 Å². The van der Waals surface area contributed by atoms with Crippen LogP contribution in [0.5, 0.6) is 0 Å². The van der Waals surface area contributed by atoms with E-state index in [1.165, 1.54) is 24.8 Å². The van der Waals surface area contributed by atoms with Crippen molar-refractivity contribution >= 4 is 6.08 Å². The van der Waals surface area contributed by atoms with Gasteiger partial charge in [0, 0.05) is 0 Å². The molecule has 0 nitrogen and oxygen atoms in total. The molecule has 1 aliphatic carbocycles. The number of benzene rings is 1. The van der Waals surface area contributed by atoms with Crippen molar-refractivity contribution in [2.24, 2.45) is 11.8 Å². The van der Waals surface area contributed by atoms with Crippen LogP contribution in [0.2, 0.25) is 0 Å². The van der Waals surface area contributed by atoms with Crippen molar-refractivity contribution in [2.75, 3.05) is 0 Å². The summed E-state index contributed by atoms with van der Waals surface area (Å²) in [6.07, 6.45) is 6.46. The normalized spacial score (nSPS) is 28.5. The van der Waals surface area contributed by atoms with Gasteiger partial charge in [-0.25, -0.2) is 0 Å². The summed E-state index contributed by atoms with van der Waals surface area (Å²) in [5, 5.41) is 0. The van der Waals surface area contributed by atoms with Crippen LogP contribution in [0.25, 0.3) is 6.08 Å². The average Bonchev–Trinajstić information content (AvgIpc) is 2.62. The van der Waals surface area contributed by atoms with Gasteiger partial charge in [-0.1, -0.05) is 55.8 Å². The van der Waals surface area contributed by atoms with E-state index in [9.17, 15) is 0 Å². The zero-order chi connectivity index (χ0) is 10.7. The third-order valence-corrected chi connectivity index (χ3v) is 3.61. The summed E-state index contributed by atoms with van der Waals surface area (Å²) in [6.45, 7) is 4.67. The number of hydrogen-bond donors (Lipinski definition) is 0. The molecule has 2 rings (SSSR count). The molecule has 0 heteroatoms. The zero-order valence-electron chi connectivity index (χ0n) is 9.74. The van der Waals surface area contributed by atoms with Crippen LogP contribution in [0.4, 0.5) is 0 Å². The largest absolute Gasteiger partial charge is 0.0648 e. The molecule has 80 valence electrons. The molecule has 0 N–H and O–H groups in total. The van der Waals surface area contributed by atoms with Gasteiger partial charge in [0.25, 0.3) is 0 Å². The van der Waals surface area contributed by atoms with E-state index in [0.717, 1.165) is 11.8 Å². The Morgan fingerprint density at radius 3 is 2.60 bits per heavy atom. The van der Waals surface area contributed by atoms with E-state index in [1.807, 2.05) is 0 Å². The van der Waals surface area contributed by atoms with Gasteiger partial charge in [-0.3, -0.25) is 0 Å². The highest BCUT2D eigenvalue weighted by Crippen LogP contribution is 2.39. The molecule has 1 aliphatic rings. The number of hydrogen-bond acceptors (Lipinski definition) is 0. The lowest BCUT2D eigenvalue weighted by molar-refractivity contribution is 0.608. The molecule has 0 radical (unpaired) electrons. The summed E-state index contributed by atoms with van der Waals surface area (Å²) >= 11 is 0. The van der Waals surface area contributed by atoms with Crippen LogP contribution in [0.15, 0.2) is 35.9 Å². The van der Waals surface area contributed by atoms with Gasteiger partial charge in [0.15, 0.2) is 0 Å². The van der Waals surface area contributed by atoms with E-state index in [0.29, 0.717) is 0 Å². The zero-order valence-corrected chi connectivity index (χ0v) is 9.74. The van der Waals surface area contributed by atoms with Crippen molar-refractivity contribution in [1.29, 1.82) is 0 Å². The van der Waals surface area contributed by atoms with Gasteiger partial charge >= 0.3 is 0 Å². The molecule has 0 amide bonds. The van der Waals surface area contributed by atoms with Gasteiger partial charge in [0.05, 0.1) is 0 Å². The van der Waals surface area contributed by atoms with E-state index in [1.54, 1.807) is 5.57 Å². The van der Waals surface area contributed by atoms with Crippen molar-refractivity contribution in [3.63, 3.8) is 0 Å². The van der Waals surface area contributed by atoms with Crippen LogP contribution >= 0.6 is 0 Å². The second kappa shape index (κ2) is 4.65. The molecule has 1 saturated carbocycles. The van der Waals surface area contributed by atoms with E-state index in [4.69, 9.17) is 0 Å². The molecule has 2 unspecified atom stereocenters. The summed E-state index contributed by atoms with van der Waals surface area (Å²) in [4.78, 5) is 0. The maximum Gasteiger partial charge on any atom is -0.0200 e. The summed E-state index contributed by atoms with van der Waals surface area (Å²) in [5.41, 5.74) is 3.03. The molecule has 1 fully saturated rings. The maximum atomic E-state index is 2.41. The first-order valence-electron chi connectivity index (χ1n) is 6.07. The first kappa shape index (κ1) is 10.5. The summed E-state index contributed by atoms with van der Waals surface area (Å²) < 4.78 is 0. The highest BCUT2D eigenvalue weighted by Gasteiger charge is 2.25. The second-order valence-corrected chi connectivity index (χ2v) is 4.64. The van der Waals surface area contributed by atoms with E-state index in [2.05, 4.69) is 50.3 Å². The predicted octanol–water partition coefficient (Wildman–Crippen LogP) is 4.53. The highest BCUT2D eigenvalue weighted by atomic mass is 14.3. The smallest absolute Gasteiger partial charge is 0.0200 e. The minimum absolute atomic E-state index is 0.787. The van der Waals surface area contributed by atoms with Crippen LogP contribution in [0, 0.1) is 11.8 Å². The number of allylic oxidation sites excluding steroid dienone is 1. The predicted molar refractivity (Wildman–Crippen MR) is 66.6 cm³/mol. The first-order valence-corrected chi connectivity index (χ1v) is 6.07. The fourth-order valence-electron chi connectivity index (χ4n) is 2.63. The Bertz CT molecular complexity index is 334. The topological polar surface area (TPSA) is 0 Å². The van der Waals surface area contributed by atoms with E-state index in [-0.39, 0.29) is 0 Å². The Labute approximate surface area is 93.0 Å².